The van der Waals surface area contributed by atoms with Gasteiger partial charge < -0.3 is 4.90 Å². The Hall–Kier alpha value is -1.76. The lowest BCUT2D eigenvalue weighted by molar-refractivity contribution is 0.843. The Balaban J connectivity index is 2.64. The van der Waals surface area contributed by atoms with Crippen molar-refractivity contribution in [2.75, 3.05) is 11.4 Å². The molecule has 1 aromatic rings. The van der Waals surface area contributed by atoms with Gasteiger partial charge in [0.2, 0.25) is 0 Å². The van der Waals surface area contributed by atoms with Crippen molar-refractivity contribution in [2.24, 2.45) is 5.92 Å². The van der Waals surface area contributed by atoms with E-state index in [1.807, 2.05) is 6.08 Å². The summed E-state index contributed by atoms with van der Waals surface area (Å²) >= 11 is 0. The number of hydrogen-bond donors (Lipinski definition) is 0. The second kappa shape index (κ2) is 4.85. The van der Waals surface area contributed by atoms with Crippen molar-refractivity contribution in [3.63, 3.8) is 0 Å². The van der Waals surface area contributed by atoms with Gasteiger partial charge in [0.1, 0.15) is 0 Å². The molecule has 0 saturated carbocycles. The first kappa shape index (κ1) is 12.7. The zero-order chi connectivity index (χ0) is 13.3. The average molecular weight is 239 g/mol. The molecule has 0 unspecified atom stereocenters. The average Bonchev–Trinajstić information content (AvgIpc) is 2.37. The summed E-state index contributed by atoms with van der Waals surface area (Å²) in [5.74, 6) is 0.500. The standard InChI is InChI=1S/C17H21N/c1-6-14-8-9-17-16(11-14)15(12(3)4)10-13(5)18(17)7-2/h6,8-12H,1,5,7H2,2-4H3. The molecule has 1 aliphatic rings. The van der Waals surface area contributed by atoms with E-state index in [-0.39, 0.29) is 0 Å². The molecule has 0 aromatic heterocycles. The highest BCUT2D eigenvalue weighted by atomic mass is 15.1. The lowest BCUT2D eigenvalue weighted by Crippen LogP contribution is -2.25. The first-order valence-electron chi connectivity index (χ1n) is 6.53. The van der Waals surface area contributed by atoms with Crippen molar-refractivity contribution in [1.82, 2.24) is 0 Å². The maximum Gasteiger partial charge on any atom is 0.0487 e. The van der Waals surface area contributed by atoms with Crippen molar-refractivity contribution in [3.8, 4) is 0 Å². The van der Waals surface area contributed by atoms with Gasteiger partial charge in [-0.3, -0.25) is 0 Å². The van der Waals surface area contributed by atoms with Crippen LogP contribution in [0.5, 0.6) is 0 Å². The maximum atomic E-state index is 4.17. The number of benzene rings is 1. The smallest absolute Gasteiger partial charge is 0.0487 e. The number of fused-ring (bicyclic) bond motifs is 1. The van der Waals surface area contributed by atoms with Crippen LogP contribution in [0.3, 0.4) is 0 Å². The molecular formula is C17H21N. The van der Waals surface area contributed by atoms with E-state index in [0.29, 0.717) is 5.92 Å². The number of likely N-dealkylation sites (N-methyl/N-ethyl adjacent to an activating group) is 1. The van der Waals surface area contributed by atoms with Gasteiger partial charge >= 0.3 is 0 Å². The lowest BCUT2D eigenvalue weighted by Gasteiger charge is -2.33. The van der Waals surface area contributed by atoms with E-state index in [4.69, 9.17) is 0 Å². The van der Waals surface area contributed by atoms with E-state index in [0.717, 1.165) is 12.2 Å². The number of allylic oxidation sites excluding steroid dienone is 2. The molecule has 0 fully saturated rings. The minimum absolute atomic E-state index is 0.500. The van der Waals surface area contributed by atoms with Gasteiger partial charge in [0.05, 0.1) is 0 Å². The van der Waals surface area contributed by atoms with Crippen molar-refractivity contribution >= 4 is 17.3 Å². The first-order valence-corrected chi connectivity index (χ1v) is 6.53. The normalized spacial score (nSPS) is 14.6. The summed E-state index contributed by atoms with van der Waals surface area (Å²) in [5, 5.41) is 0. The molecule has 2 rings (SSSR count). The van der Waals surface area contributed by atoms with Crippen molar-refractivity contribution in [3.05, 3.63) is 54.3 Å². The molecule has 0 N–H and O–H groups in total. The molecule has 1 aromatic carbocycles. The molecule has 94 valence electrons. The fourth-order valence-corrected chi connectivity index (χ4v) is 2.49. The lowest BCUT2D eigenvalue weighted by atomic mass is 9.88. The molecule has 1 nitrogen and oxygen atoms in total. The molecule has 18 heavy (non-hydrogen) atoms. The van der Waals surface area contributed by atoms with Gasteiger partial charge in [-0.2, -0.15) is 0 Å². The number of rotatable bonds is 3. The molecule has 0 radical (unpaired) electrons. The Morgan fingerprint density at radius 1 is 1.33 bits per heavy atom. The molecular weight excluding hydrogens is 218 g/mol. The van der Waals surface area contributed by atoms with Crippen LogP contribution in [0.15, 0.2) is 43.1 Å². The molecule has 0 bridgehead atoms. The SMILES string of the molecule is C=Cc1ccc2c(c1)C(C(C)C)=CC(=C)N2CC. The Labute approximate surface area is 110 Å². The highest BCUT2D eigenvalue weighted by Gasteiger charge is 2.21. The highest BCUT2D eigenvalue weighted by molar-refractivity contribution is 5.86. The van der Waals surface area contributed by atoms with Crippen LogP contribution in [0.1, 0.15) is 31.9 Å². The third-order valence-electron chi connectivity index (χ3n) is 3.47. The van der Waals surface area contributed by atoms with Crippen LogP contribution in [0.4, 0.5) is 5.69 Å². The minimum Gasteiger partial charge on any atom is -0.342 e. The zero-order valence-corrected chi connectivity index (χ0v) is 11.5. The highest BCUT2D eigenvalue weighted by Crippen LogP contribution is 2.39. The van der Waals surface area contributed by atoms with Crippen LogP contribution in [0, 0.1) is 5.92 Å². The summed E-state index contributed by atoms with van der Waals surface area (Å²) in [6.45, 7) is 15.6. The number of nitrogens with zero attached hydrogens (tertiary/aromatic N) is 1. The van der Waals surface area contributed by atoms with Crippen LogP contribution in [0.25, 0.3) is 11.6 Å². The van der Waals surface area contributed by atoms with Gasteiger partial charge in [-0.25, -0.2) is 0 Å². The molecule has 0 spiro atoms. The Kier molecular flexibility index (Phi) is 3.42. The number of anilines is 1. The van der Waals surface area contributed by atoms with Crippen LogP contribution in [-0.2, 0) is 0 Å². The fraction of sp³-hybridized carbons (Fsp3) is 0.294. The van der Waals surface area contributed by atoms with E-state index in [1.54, 1.807) is 0 Å². The molecule has 0 aliphatic carbocycles. The maximum absolute atomic E-state index is 4.17. The second-order valence-corrected chi connectivity index (χ2v) is 4.97. The van der Waals surface area contributed by atoms with E-state index in [2.05, 4.69) is 63.1 Å². The monoisotopic (exact) mass is 239 g/mol. The minimum atomic E-state index is 0.500. The van der Waals surface area contributed by atoms with E-state index < -0.39 is 0 Å². The predicted octanol–water partition coefficient (Wildman–Crippen LogP) is 4.72. The Bertz CT molecular complexity index is 520. The molecule has 1 aliphatic heterocycles. The molecule has 1 heteroatoms. The van der Waals surface area contributed by atoms with Crippen LogP contribution < -0.4 is 4.90 Å². The third kappa shape index (κ3) is 2.01. The van der Waals surface area contributed by atoms with Crippen LogP contribution >= 0.6 is 0 Å². The van der Waals surface area contributed by atoms with Crippen LogP contribution in [0.2, 0.25) is 0 Å². The van der Waals surface area contributed by atoms with Gasteiger partial charge in [-0.05, 0) is 42.2 Å². The van der Waals surface area contributed by atoms with Gasteiger partial charge in [-0.15, -0.1) is 0 Å². The fourth-order valence-electron chi connectivity index (χ4n) is 2.49. The molecule has 0 amide bonds. The zero-order valence-electron chi connectivity index (χ0n) is 11.5. The quantitative estimate of drug-likeness (QED) is 0.737. The van der Waals surface area contributed by atoms with Crippen molar-refractivity contribution in [1.29, 1.82) is 0 Å². The van der Waals surface area contributed by atoms with Gasteiger partial charge in [0.25, 0.3) is 0 Å². The first-order chi connectivity index (χ1) is 8.58. The van der Waals surface area contributed by atoms with E-state index >= 15 is 0 Å². The summed E-state index contributed by atoms with van der Waals surface area (Å²) in [6, 6.07) is 6.52. The summed E-state index contributed by atoms with van der Waals surface area (Å²) in [5.41, 5.74) is 6.20. The van der Waals surface area contributed by atoms with Crippen molar-refractivity contribution in [2.45, 2.75) is 20.8 Å². The summed E-state index contributed by atoms with van der Waals surface area (Å²) in [6.07, 6.45) is 4.11. The third-order valence-corrected chi connectivity index (χ3v) is 3.47. The molecule has 0 atom stereocenters. The summed E-state index contributed by atoms with van der Waals surface area (Å²) < 4.78 is 0. The largest absolute Gasteiger partial charge is 0.342 e. The van der Waals surface area contributed by atoms with Gasteiger partial charge in [0.15, 0.2) is 0 Å². The predicted molar refractivity (Wildman–Crippen MR) is 81.5 cm³/mol. The topological polar surface area (TPSA) is 3.24 Å². The van der Waals surface area contributed by atoms with Gasteiger partial charge in [0, 0.05) is 23.5 Å². The van der Waals surface area contributed by atoms with Crippen LogP contribution in [-0.4, -0.2) is 6.54 Å². The Morgan fingerprint density at radius 3 is 2.61 bits per heavy atom. The number of hydrogen-bond acceptors (Lipinski definition) is 1. The van der Waals surface area contributed by atoms with Gasteiger partial charge in [-0.1, -0.05) is 39.1 Å². The summed E-state index contributed by atoms with van der Waals surface area (Å²) in [4.78, 5) is 2.26. The van der Waals surface area contributed by atoms with E-state index in [9.17, 15) is 0 Å². The van der Waals surface area contributed by atoms with Crippen molar-refractivity contribution < 1.29 is 0 Å². The molecule has 1 heterocycles. The molecule has 0 saturated heterocycles. The Morgan fingerprint density at radius 2 is 2.06 bits per heavy atom. The van der Waals surface area contributed by atoms with E-state index in [1.165, 1.54) is 22.4 Å². The summed E-state index contributed by atoms with van der Waals surface area (Å²) in [7, 11) is 0. The second-order valence-electron chi connectivity index (χ2n) is 4.97.